The predicted octanol–water partition coefficient (Wildman–Crippen LogP) is -1.32. The Hall–Kier alpha value is -1.18. The molecule has 0 rings (SSSR count). The second-order valence-corrected chi connectivity index (χ2v) is 3.42. The van der Waals surface area contributed by atoms with Gasteiger partial charge in [-0.1, -0.05) is 13.8 Å². The average molecular weight is 249 g/mol. The van der Waals surface area contributed by atoms with Gasteiger partial charge in [-0.3, -0.25) is 0 Å². The molecule has 7 heteroatoms. The summed E-state index contributed by atoms with van der Waals surface area (Å²) in [5.74, 6) is -2.80. The fourth-order valence-electron chi connectivity index (χ4n) is 1.16. The van der Waals surface area contributed by atoms with Crippen molar-refractivity contribution in [3.8, 4) is 0 Å². The number of ether oxygens (including phenoxy) is 1. The second-order valence-electron chi connectivity index (χ2n) is 3.42. The summed E-state index contributed by atoms with van der Waals surface area (Å²) in [6, 6.07) is 0. The molecule has 0 aromatic carbocycles. The molecule has 0 bridgehead atoms. The second kappa shape index (κ2) is 7.99. The molecular formula is C10H19NO6. The highest BCUT2D eigenvalue weighted by Crippen LogP contribution is 1.98. The van der Waals surface area contributed by atoms with Crippen LogP contribution in [0.1, 0.15) is 13.8 Å². The monoisotopic (exact) mass is 249 g/mol. The third-order valence-corrected chi connectivity index (χ3v) is 2.34. The van der Waals surface area contributed by atoms with Crippen LogP contribution < -0.4 is 0 Å². The molecule has 0 saturated carbocycles. The zero-order valence-corrected chi connectivity index (χ0v) is 10.00. The van der Waals surface area contributed by atoms with E-state index in [1.165, 1.54) is 0 Å². The van der Waals surface area contributed by atoms with E-state index in [2.05, 4.69) is 4.74 Å². The largest absolute Gasteiger partial charge is 0.479 e. The van der Waals surface area contributed by atoms with Gasteiger partial charge in [0.2, 0.25) is 0 Å². The highest BCUT2D eigenvalue weighted by Gasteiger charge is 2.31. The maximum atomic E-state index is 11.1. The molecule has 0 heterocycles. The molecule has 0 amide bonds. The molecule has 0 aliphatic carbocycles. The zero-order chi connectivity index (χ0) is 13.4. The summed E-state index contributed by atoms with van der Waals surface area (Å²) in [6.45, 7) is 6.05. The summed E-state index contributed by atoms with van der Waals surface area (Å²) in [6.07, 6.45) is -4.21. The fraction of sp³-hybridized carbons (Fsp3) is 0.800. The van der Waals surface area contributed by atoms with E-state index in [0.717, 1.165) is 13.1 Å². The normalized spacial score (nSPS) is 14.4. The van der Waals surface area contributed by atoms with Gasteiger partial charge in [-0.05, 0) is 13.1 Å². The summed E-state index contributed by atoms with van der Waals surface area (Å²) in [5, 5.41) is 26.4. The first-order valence-electron chi connectivity index (χ1n) is 5.41. The van der Waals surface area contributed by atoms with Crippen LogP contribution in [-0.2, 0) is 14.3 Å². The van der Waals surface area contributed by atoms with Crippen molar-refractivity contribution in [3.63, 3.8) is 0 Å². The Morgan fingerprint density at radius 1 is 1.18 bits per heavy atom. The molecule has 0 aromatic heterocycles. The Bertz CT molecular complexity index is 253. The molecule has 0 fully saturated rings. The smallest absolute Gasteiger partial charge is 0.338 e. The zero-order valence-electron chi connectivity index (χ0n) is 10.00. The first kappa shape index (κ1) is 15.8. The highest BCUT2D eigenvalue weighted by atomic mass is 16.6. The van der Waals surface area contributed by atoms with Crippen molar-refractivity contribution >= 4 is 11.9 Å². The van der Waals surface area contributed by atoms with Crippen molar-refractivity contribution in [2.75, 3.05) is 26.2 Å². The lowest BCUT2D eigenvalue weighted by Crippen LogP contribution is -2.41. The van der Waals surface area contributed by atoms with Crippen LogP contribution >= 0.6 is 0 Å². The van der Waals surface area contributed by atoms with E-state index in [4.69, 9.17) is 15.3 Å². The van der Waals surface area contributed by atoms with Gasteiger partial charge >= 0.3 is 11.9 Å². The van der Waals surface area contributed by atoms with Gasteiger partial charge in [-0.15, -0.1) is 0 Å². The number of carbonyl (C=O) groups is 2. The fourth-order valence-corrected chi connectivity index (χ4v) is 1.16. The van der Waals surface area contributed by atoms with Crippen LogP contribution in [0.5, 0.6) is 0 Å². The van der Waals surface area contributed by atoms with Crippen molar-refractivity contribution in [1.82, 2.24) is 4.90 Å². The first-order chi connectivity index (χ1) is 7.93. The van der Waals surface area contributed by atoms with E-state index in [-0.39, 0.29) is 6.61 Å². The molecule has 100 valence electrons. The van der Waals surface area contributed by atoms with Crippen LogP contribution in [0.4, 0.5) is 0 Å². The maximum absolute atomic E-state index is 11.1. The van der Waals surface area contributed by atoms with Gasteiger partial charge in [0, 0.05) is 6.54 Å². The van der Waals surface area contributed by atoms with Crippen molar-refractivity contribution in [2.24, 2.45) is 0 Å². The van der Waals surface area contributed by atoms with Crippen LogP contribution in [0.25, 0.3) is 0 Å². The number of aliphatic carboxylic acids is 1. The van der Waals surface area contributed by atoms with Gasteiger partial charge in [-0.2, -0.15) is 0 Å². The van der Waals surface area contributed by atoms with Crippen molar-refractivity contribution < 1.29 is 29.6 Å². The summed E-state index contributed by atoms with van der Waals surface area (Å²) >= 11 is 0. The Morgan fingerprint density at radius 3 is 2.12 bits per heavy atom. The quantitative estimate of drug-likeness (QED) is 0.458. The van der Waals surface area contributed by atoms with Gasteiger partial charge in [0.25, 0.3) is 0 Å². The molecule has 0 aromatic rings. The molecule has 2 atom stereocenters. The lowest BCUT2D eigenvalue weighted by atomic mass is 10.2. The van der Waals surface area contributed by atoms with Crippen molar-refractivity contribution in [1.29, 1.82) is 0 Å². The van der Waals surface area contributed by atoms with Gasteiger partial charge in [0.05, 0.1) is 0 Å². The number of rotatable bonds is 8. The average Bonchev–Trinajstić information content (AvgIpc) is 2.32. The Morgan fingerprint density at radius 2 is 1.71 bits per heavy atom. The molecular weight excluding hydrogens is 230 g/mol. The number of esters is 1. The van der Waals surface area contributed by atoms with Gasteiger partial charge < -0.3 is 25.0 Å². The summed E-state index contributed by atoms with van der Waals surface area (Å²) in [4.78, 5) is 23.4. The van der Waals surface area contributed by atoms with E-state index < -0.39 is 24.1 Å². The van der Waals surface area contributed by atoms with E-state index in [0.29, 0.717) is 6.54 Å². The lowest BCUT2D eigenvalue weighted by molar-refractivity contribution is -0.170. The van der Waals surface area contributed by atoms with Crippen LogP contribution in [-0.4, -0.2) is 70.6 Å². The number of aliphatic hydroxyl groups excluding tert-OH is 2. The molecule has 2 unspecified atom stereocenters. The highest BCUT2D eigenvalue weighted by molar-refractivity contribution is 5.84. The third-order valence-electron chi connectivity index (χ3n) is 2.34. The van der Waals surface area contributed by atoms with E-state index in [9.17, 15) is 9.59 Å². The minimum Gasteiger partial charge on any atom is -0.479 e. The van der Waals surface area contributed by atoms with Crippen LogP contribution in [0.3, 0.4) is 0 Å². The molecule has 0 spiro atoms. The number of carboxylic acids is 1. The van der Waals surface area contributed by atoms with E-state index in [1.54, 1.807) is 0 Å². The summed E-state index contributed by atoms with van der Waals surface area (Å²) in [5.41, 5.74) is 0. The van der Waals surface area contributed by atoms with Crippen LogP contribution in [0.2, 0.25) is 0 Å². The molecule has 17 heavy (non-hydrogen) atoms. The maximum Gasteiger partial charge on any atom is 0.338 e. The van der Waals surface area contributed by atoms with Crippen LogP contribution in [0.15, 0.2) is 0 Å². The molecule has 0 aliphatic heterocycles. The van der Waals surface area contributed by atoms with Gasteiger partial charge in [0.15, 0.2) is 12.2 Å². The summed E-state index contributed by atoms with van der Waals surface area (Å²) < 4.78 is 4.66. The number of nitrogens with zero attached hydrogens (tertiary/aromatic N) is 1. The first-order valence-corrected chi connectivity index (χ1v) is 5.41. The number of carbonyl (C=O) groups excluding carboxylic acids is 1. The number of hydrogen-bond acceptors (Lipinski definition) is 6. The Labute approximate surface area is 99.6 Å². The van der Waals surface area contributed by atoms with Crippen molar-refractivity contribution in [2.45, 2.75) is 26.1 Å². The standard InChI is InChI=1S/C10H19NO6/c1-3-11(4-2)5-6-17-10(16)8(13)7(12)9(14)15/h7-8,12-13H,3-6H2,1-2H3,(H,14,15). The number of hydrogen-bond donors (Lipinski definition) is 3. The van der Waals surface area contributed by atoms with Crippen LogP contribution in [0, 0.1) is 0 Å². The molecule has 0 radical (unpaired) electrons. The Kier molecular flexibility index (Phi) is 7.44. The van der Waals surface area contributed by atoms with E-state index in [1.807, 2.05) is 18.7 Å². The number of aliphatic hydroxyl groups is 2. The van der Waals surface area contributed by atoms with Gasteiger partial charge in [-0.25, -0.2) is 9.59 Å². The number of likely N-dealkylation sites (N-methyl/N-ethyl adjacent to an activating group) is 1. The Balaban J connectivity index is 3.97. The van der Waals surface area contributed by atoms with Gasteiger partial charge in [0.1, 0.15) is 6.61 Å². The lowest BCUT2D eigenvalue weighted by Gasteiger charge is -2.18. The third kappa shape index (κ3) is 5.62. The molecule has 0 aliphatic rings. The molecule has 7 nitrogen and oxygen atoms in total. The summed E-state index contributed by atoms with van der Waals surface area (Å²) in [7, 11) is 0. The van der Waals surface area contributed by atoms with E-state index >= 15 is 0 Å². The minimum absolute atomic E-state index is 0.0455. The topological polar surface area (TPSA) is 107 Å². The number of carboxylic acid groups (broad SMARTS) is 1. The molecule has 0 saturated heterocycles. The SMILES string of the molecule is CCN(CC)CCOC(=O)C(O)C(O)C(=O)O. The minimum atomic E-state index is -2.16. The van der Waals surface area contributed by atoms with Crippen molar-refractivity contribution in [3.05, 3.63) is 0 Å². The predicted molar refractivity (Wildman–Crippen MR) is 58.4 cm³/mol. The molecule has 3 N–H and O–H groups in total.